The van der Waals surface area contributed by atoms with Gasteiger partial charge in [0.15, 0.2) is 0 Å². The van der Waals surface area contributed by atoms with E-state index in [9.17, 15) is 4.79 Å². The van der Waals surface area contributed by atoms with Crippen LogP contribution in [0.1, 0.15) is 10.4 Å². The lowest BCUT2D eigenvalue weighted by Crippen LogP contribution is -2.12. The molecule has 2 rings (SSSR count). The van der Waals surface area contributed by atoms with Crippen LogP contribution in [0.15, 0.2) is 28.7 Å². The Bertz CT molecular complexity index is 452. The Morgan fingerprint density at radius 3 is 2.67 bits per heavy atom. The molecule has 2 aromatic rings. The molecular formula is C8H6BrN5O. The summed E-state index contributed by atoms with van der Waals surface area (Å²) >= 11 is 3.28. The van der Waals surface area contributed by atoms with E-state index in [0.29, 0.717) is 5.56 Å². The molecule has 0 aliphatic carbocycles. The van der Waals surface area contributed by atoms with E-state index in [4.69, 9.17) is 0 Å². The van der Waals surface area contributed by atoms with Crippen molar-refractivity contribution in [1.82, 2.24) is 20.6 Å². The van der Waals surface area contributed by atoms with Gasteiger partial charge in [-0.05, 0) is 29.5 Å². The van der Waals surface area contributed by atoms with Crippen molar-refractivity contribution in [2.24, 2.45) is 0 Å². The summed E-state index contributed by atoms with van der Waals surface area (Å²) in [5.74, 6) is -0.119. The van der Waals surface area contributed by atoms with Gasteiger partial charge in [0.25, 0.3) is 11.9 Å². The van der Waals surface area contributed by atoms with Crippen molar-refractivity contribution in [2.45, 2.75) is 0 Å². The molecule has 1 aromatic heterocycles. The molecule has 6 nitrogen and oxygen atoms in total. The second-order valence-corrected chi connectivity index (χ2v) is 3.61. The molecular weight excluding hydrogens is 262 g/mol. The topological polar surface area (TPSA) is 83.6 Å². The summed E-state index contributed by atoms with van der Waals surface area (Å²) in [6.07, 6.45) is 0. The molecule has 0 aliphatic rings. The maximum Gasteiger partial charge on any atom is 0.270 e. The second kappa shape index (κ2) is 4.18. The lowest BCUT2D eigenvalue weighted by Gasteiger charge is -1.99. The Morgan fingerprint density at radius 2 is 2.07 bits per heavy atom. The zero-order chi connectivity index (χ0) is 10.7. The minimum absolute atomic E-state index is 0.155. The fourth-order valence-electron chi connectivity index (χ4n) is 0.990. The van der Waals surface area contributed by atoms with Gasteiger partial charge in [-0.3, -0.25) is 10.1 Å². The number of hydrogen-bond donors (Lipinski definition) is 2. The SMILES string of the molecule is O=C(Nc1nn[nH]n1)c1ccc(Br)cc1. The molecule has 15 heavy (non-hydrogen) atoms. The van der Waals surface area contributed by atoms with Crippen LogP contribution in [0.2, 0.25) is 0 Å². The number of hydrogen-bond acceptors (Lipinski definition) is 4. The third-order valence-corrected chi connectivity index (χ3v) is 2.21. The van der Waals surface area contributed by atoms with E-state index in [2.05, 4.69) is 41.9 Å². The Hall–Kier alpha value is -1.76. The summed E-state index contributed by atoms with van der Waals surface area (Å²) in [6.45, 7) is 0. The molecule has 0 atom stereocenters. The number of H-pyrrole nitrogens is 1. The van der Waals surface area contributed by atoms with Crippen molar-refractivity contribution in [3.8, 4) is 0 Å². The van der Waals surface area contributed by atoms with Crippen LogP contribution in [-0.2, 0) is 0 Å². The Labute approximate surface area is 93.2 Å². The fourth-order valence-corrected chi connectivity index (χ4v) is 1.25. The van der Waals surface area contributed by atoms with E-state index >= 15 is 0 Å². The van der Waals surface area contributed by atoms with Gasteiger partial charge in [-0.2, -0.15) is 5.21 Å². The molecule has 0 aliphatic heterocycles. The maximum absolute atomic E-state index is 11.6. The minimum Gasteiger partial charge on any atom is -0.288 e. The van der Waals surface area contributed by atoms with Gasteiger partial charge in [0.1, 0.15) is 0 Å². The third-order valence-electron chi connectivity index (χ3n) is 1.68. The highest BCUT2D eigenvalue weighted by atomic mass is 79.9. The van der Waals surface area contributed by atoms with Gasteiger partial charge in [-0.15, -0.1) is 5.10 Å². The van der Waals surface area contributed by atoms with Crippen molar-refractivity contribution in [3.63, 3.8) is 0 Å². The standard InChI is InChI=1S/C8H6BrN5O/c9-6-3-1-5(2-4-6)7(15)10-8-11-13-14-12-8/h1-4H,(H2,10,11,12,13,14,15). The summed E-state index contributed by atoms with van der Waals surface area (Å²) in [5.41, 5.74) is 0.531. The van der Waals surface area contributed by atoms with Gasteiger partial charge in [0.2, 0.25) is 0 Å². The number of aromatic nitrogens is 4. The van der Waals surface area contributed by atoms with E-state index in [1.165, 1.54) is 0 Å². The summed E-state index contributed by atoms with van der Waals surface area (Å²) in [6, 6.07) is 6.95. The first-order valence-electron chi connectivity index (χ1n) is 4.06. The number of tetrazole rings is 1. The highest BCUT2D eigenvalue weighted by Gasteiger charge is 2.07. The smallest absolute Gasteiger partial charge is 0.270 e. The highest BCUT2D eigenvalue weighted by Crippen LogP contribution is 2.11. The van der Waals surface area contributed by atoms with Crippen molar-refractivity contribution < 1.29 is 4.79 Å². The number of rotatable bonds is 2. The summed E-state index contributed by atoms with van der Waals surface area (Å²) in [4.78, 5) is 11.6. The molecule has 0 fully saturated rings. The van der Waals surface area contributed by atoms with Crippen molar-refractivity contribution in [3.05, 3.63) is 34.3 Å². The van der Waals surface area contributed by atoms with Crippen LogP contribution in [0.25, 0.3) is 0 Å². The molecule has 1 amide bonds. The predicted octanol–water partition coefficient (Wildman–Crippen LogP) is 1.21. The number of anilines is 1. The predicted molar refractivity (Wildman–Crippen MR) is 56.3 cm³/mol. The molecule has 0 unspecified atom stereocenters. The Balaban J connectivity index is 2.11. The molecule has 76 valence electrons. The zero-order valence-corrected chi connectivity index (χ0v) is 9.02. The van der Waals surface area contributed by atoms with Gasteiger partial charge < -0.3 is 0 Å². The number of aromatic amines is 1. The monoisotopic (exact) mass is 267 g/mol. The van der Waals surface area contributed by atoms with Crippen LogP contribution in [0.5, 0.6) is 0 Å². The minimum atomic E-state index is -0.274. The molecule has 0 bridgehead atoms. The zero-order valence-electron chi connectivity index (χ0n) is 7.44. The van der Waals surface area contributed by atoms with Gasteiger partial charge in [0.05, 0.1) is 0 Å². The molecule has 1 aromatic carbocycles. The number of benzene rings is 1. The second-order valence-electron chi connectivity index (χ2n) is 2.70. The molecule has 0 saturated carbocycles. The lowest BCUT2D eigenvalue weighted by molar-refractivity contribution is 0.102. The van der Waals surface area contributed by atoms with E-state index in [0.717, 1.165) is 4.47 Å². The van der Waals surface area contributed by atoms with E-state index < -0.39 is 0 Å². The molecule has 1 heterocycles. The van der Waals surface area contributed by atoms with Crippen molar-refractivity contribution in [1.29, 1.82) is 0 Å². The van der Waals surface area contributed by atoms with Crippen LogP contribution in [-0.4, -0.2) is 26.5 Å². The number of carbonyl (C=O) groups is 1. The summed E-state index contributed by atoms with van der Waals surface area (Å²) < 4.78 is 0.915. The van der Waals surface area contributed by atoms with E-state index in [-0.39, 0.29) is 11.9 Å². The summed E-state index contributed by atoms with van der Waals surface area (Å²) in [5, 5.41) is 15.3. The Morgan fingerprint density at radius 1 is 1.33 bits per heavy atom. The molecule has 0 spiro atoms. The van der Waals surface area contributed by atoms with Gasteiger partial charge in [0, 0.05) is 10.0 Å². The normalized spacial score (nSPS) is 9.93. The first-order chi connectivity index (χ1) is 7.25. The maximum atomic E-state index is 11.6. The van der Waals surface area contributed by atoms with Gasteiger partial charge in [-0.1, -0.05) is 21.0 Å². The van der Waals surface area contributed by atoms with Crippen molar-refractivity contribution in [2.75, 3.05) is 5.32 Å². The molecule has 0 radical (unpaired) electrons. The van der Waals surface area contributed by atoms with Crippen LogP contribution < -0.4 is 5.32 Å². The Kier molecular flexibility index (Phi) is 2.72. The number of amides is 1. The van der Waals surface area contributed by atoms with Gasteiger partial charge >= 0.3 is 0 Å². The average Bonchev–Trinajstić information content (AvgIpc) is 2.71. The van der Waals surface area contributed by atoms with E-state index in [1.54, 1.807) is 24.3 Å². The largest absolute Gasteiger partial charge is 0.288 e. The van der Waals surface area contributed by atoms with Crippen LogP contribution in [0, 0.1) is 0 Å². The first kappa shape index (κ1) is 9.78. The van der Waals surface area contributed by atoms with E-state index in [1.807, 2.05) is 0 Å². The first-order valence-corrected chi connectivity index (χ1v) is 4.85. The fraction of sp³-hybridized carbons (Fsp3) is 0. The third kappa shape index (κ3) is 2.38. The molecule has 2 N–H and O–H groups in total. The highest BCUT2D eigenvalue weighted by molar-refractivity contribution is 9.10. The summed E-state index contributed by atoms with van der Waals surface area (Å²) in [7, 11) is 0. The molecule has 0 saturated heterocycles. The number of nitrogens with zero attached hydrogens (tertiary/aromatic N) is 3. The number of nitrogens with one attached hydrogen (secondary N) is 2. The lowest BCUT2D eigenvalue weighted by atomic mass is 10.2. The number of carbonyl (C=O) groups excluding carboxylic acids is 1. The average molecular weight is 268 g/mol. The quantitative estimate of drug-likeness (QED) is 0.857. The van der Waals surface area contributed by atoms with Crippen LogP contribution >= 0.6 is 15.9 Å². The van der Waals surface area contributed by atoms with Crippen molar-refractivity contribution >= 4 is 27.8 Å². The number of halogens is 1. The van der Waals surface area contributed by atoms with Gasteiger partial charge in [-0.25, -0.2) is 0 Å². The van der Waals surface area contributed by atoms with Crippen LogP contribution in [0.3, 0.4) is 0 Å². The molecule has 7 heteroatoms. The van der Waals surface area contributed by atoms with Crippen LogP contribution in [0.4, 0.5) is 5.95 Å².